The van der Waals surface area contributed by atoms with Gasteiger partial charge in [0.1, 0.15) is 11.1 Å². The predicted molar refractivity (Wildman–Crippen MR) is 142 cm³/mol. The lowest BCUT2D eigenvalue weighted by Gasteiger charge is -2.43. The molecule has 4 nitrogen and oxygen atoms in total. The average molecular weight is 471 g/mol. The minimum absolute atomic E-state index is 0.218. The predicted octanol–water partition coefficient (Wildman–Crippen LogP) is 6.66. The van der Waals surface area contributed by atoms with Gasteiger partial charge in [-0.15, -0.1) is 0 Å². The maximum Gasteiger partial charge on any atom is 0.350 e. The molecule has 4 aromatic carbocycles. The third-order valence-electron chi connectivity index (χ3n) is 7.33. The van der Waals surface area contributed by atoms with Crippen molar-refractivity contribution >= 4 is 17.4 Å². The topological polar surface area (TPSA) is 51.0 Å². The fourth-order valence-electron chi connectivity index (χ4n) is 5.69. The van der Waals surface area contributed by atoms with Crippen molar-refractivity contribution in [3.05, 3.63) is 143 Å². The van der Waals surface area contributed by atoms with Gasteiger partial charge in [0.2, 0.25) is 0 Å². The van der Waals surface area contributed by atoms with Crippen LogP contribution in [0.15, 0.2) is 125 Å². The molecular formula is C32H26N2O2. The van der Waals surface area contributed by atoms with Crippen LogP contribution in [-0.2, 0) is 9.63 Å². The molecule has 0 fully saturated rings. The van der Waals surface area contributed by atoms with E-state index in [4.69, 9.17) is 9.83 Å². The number of rotatable bonds is 4. The Kier molecular flexibility index (Phi) is 5.57. The van der Waals surface area contributed by atoms with E-state index in [0.29, 0.717) is 12.1 Å². The summed E-state index contributed by atoms with van der Waals surface area (Å²) in [6, 6.07) is 38.1. The summed E-state index contributed by atoms with van der Waals surface area (Å²) < 4.78 is 0. The first-order valence-electron chi connectivity index (χ1n) is 12.3. The molecule has 36 heavy (non-hydrogen) atoms. The zero-order chi connectivity index (χ0) is 24.5. The number of benzene rings is 4. The van der Waals surface area contributed by atoms with E-state index in [1.807, 2.05) is 78.9 Å². The van der Waals surface area contributed by atoms with Gasteiger partial charge in [-0.25, -0.2) is 4.79 Å². The number of oxime groups is 1. The first-order chi connectivity index (χ1) is 17.7. The maximum atomic E-state index is 14.0. The standard InChI is InChI=1S/C32H26N2O2/c1-22-12-11-19-26(20-22)27-21-28(23-13-5-2-6-14-23)33-29(24-15-7-3-8-16-24)32(27)30(34-36-31(32)35)25-17-9-4-10-18-25/h2-20,27,29H,21H2,1H3/t27-,29+,32+/m0/s1. The number of carbonyl (C=O) groups excluding carboxylic acids is 1. The first-order valence-corrected chi connectivity index (χ1v) is 12.3. The van der Waals surface area contributed by atoms with Crippen molar-refractivity contribution in [2.45, 2.75) is 25.3 Å². The smallest absolute Gasteiger partial charge is 0.317 e. The molecule has 4 heteroatoms. The van der Waals surface area contributed by atoms with Crippen LogP contribution >= 0.6 is 0 Å². The van der Waals surface area contributed by atoms with Gasteiger partial charge in [-0.3, -0.25) is 4.99 Å². The van der Waals surface area contributed by atoms with Crippen molar-refractivity contribution < 1.29 is 9.63 Å². The van der Waals surface area contributed by atoms with Crippen LogP contribution in [0.1, 0.15) is 46.2 Å². The summed E-state index contributed by atoms with van der Waals surface area (Å²) in [5, 5.41) is 4.43. The van der Waals surface area contributed by atoms with Gasteiger partial charge in [-0.05, 0) is 30.0 Å². The molecule has 0 aliphatic carbocycles. The molecule has 0 N–H and O–H groups in total. The van der Waals surface area contributed by atoms with Crippen molar-refractivity contribution in [1.29, 1.82) is 0 Å². The second-order valence-corrected chi connectivity index (χ2v) is 9.48. The van der Waals surface area contributed by atoms with Gasteiger partial charge in [0.15, 0.2) is 0 Å². The van der Waals surface area contributed by atoms with Crippen LogP contribution < -0.4 is 0 Å². The largest absolute Gasteiger partial charge is 0.350 e. The molecule has 0 aromatic heterocycles. The van der Waals surface area contributed by atoms with Gasteiger partial charge in [0.25, 0.3) is 0 Å². The van der Waals surface area contributed by atoms with Crippen molar-refractivity contribution in [2.24, 2.45) is 15.6 Å². The van der Waals surface area contributed by atoms with Crippen LogP contribution in [-0.4, -0.2) is 17.4 Å². The monoisotopic (exact) mass is 470 g/mol. The molecule has 2 aliphatic heterocycles. The molecule has 0 saturated heterocycles. The van der Waals surface area contributed by atoms with Crippen LogP contribution in [0.3, 0.4) is 0 Å². The van der Waals surface area contributed by atoms with Crippen LogP contribution in [0, 0.1) is 12.3 Å². The average Bonchev–Trinajstić information content (AvgIpc) is 3.27. The first kappa shape index (κ1) is 22.2. The van der Waals surface area contributed by atoms with Crippen LogP contribution in [0.2, 0.25) is 0 Å². The zero-order valence-electron chi connectivity index (χ0n) is 20.0. The lowest BCUT2D eigenvalue weighted by Crippen LogP contribution is -2.49. The minimum Gasteiger partial charge on any atom is -0.317 e. The molecule has 176 valence electrons. The molecular weight excluding hydrogens is 444 g/mol. The third kappa shape index (κ3) is 3.57. The van der Waals surface area contributed by atoms with Gasteiger partial charge in [-0.1, -0.05) is 126 Å². The van der Waals surface area contributed by atoms with E-state index in [2.05, 4.69) is 48.5 Å². The zero-order valence-corrected chi connectivity index (χ0v) is 20.0. The summed E-state index contributed by atoms with van der Waals surface area (Å²) in [7, 11) is 0. The van der Waals surface area contributed by atoms with Crippen molar-refractivity contribution in [2.75, 3.05) is 0 Å². The number of nitrogens with zero attached hydrogens (tertiary/aromatic N) is 2. The molecule has 0 amide bonds. The lowest BCUT2D eigenvalue weighted by molar-refractivity contribution is -0.150. The molecule has 0 saturated carbocycles. The SMILES string of the molecule is Cc1cccc([C@@H]2CC(c3ccccc3)=N[C@H](c3ccccc3)[C@]23C(=O)ON=C3c2ccccc2)c1. The van der Waals surface area contributed by atoms with E-state index in [9.17, 15) is 4.79 Å². The van der Waals surface area contributed by atoms with E-state index in [1.54, 1.807) is 0 Å². The second kappa shape index (κ2) is 9.04. The lowest BCUT2D eigenvalue weighted by atomic mass is 9.58. The highest BCUT2D eigenvalue weighted by atomic mass is 16.7. The number of hydrogen-bond acceptors (Lipinski definition) is 4. The van der Waals surface area contributed by atoms with Gasteiger partial charge >= 0.3 is 5.97 Å². The van der Waals surface area contributed by atoms with Gasteiger partial charge in [0, 0.05) is 17.2 Å². The number of carbonyl (C=O) groups is 1. The Morgan fingerprint density at radius 1 is 0.750 bits per heavy atom. The summed E-state index contributed by atoms with van der Waals surface area (Å²) in [6.45, 7) is 2.08. The third-order valence-corrected chi connectivity index (χ3v) is 7.33. The molecule has 4 aromatic rings. The maximum absolute atomic E-state index is 14.0. The molecule has 2 heterocycles. The Morgan fingerprint density at radius 3 is 2.03 bits per heavy atom. The van der Waals surface area contributed by atoms with Gasteiger partial charge in [-0.2, -0.15) is 0 Å². The normalized spacial score (nSPS) is 23.2. The Morgan fingerprint density at radius 2 is 1.36 bits per heavy atom. The van der Waals surface area contributed by atoms with Crippen molar-refractivity contribution in [1.82, 2.24) is 0 Å². The van der Waals surface area contributed by atoms with Gasteiger partial charge in [0.05, 0.1) is 6.04 Å². The molecule has 0 bridgehead atoms. The summed E-state index contributed by atoms with van der Waals surface area (Å²) >= 11 is 0. The van der Waals surface area contributed by atoms with Gasteiger partial charge < -0.3 is 4.84 Å². The second-order valence-electron chi connectivity index (χ2n) is 9.48. The van der Waals surface area contributed by atoms with Crippen LogP contribution in [0.25, 0.3) is 0 Å². The Balaban J connectivity index is 1.66. The highest BCUT2D eigenvalue weighted by Crippen LogP contribution is 2.57. The summed E-state index contributed by atoms with van der Waals surface area (Å²) in [4.78, 5) is 24.9. The highest BCUT2D eigenvalue weighted by Gasteiger charge is 2.63. The summed E-state index contributed by atoms with van der Waals surface area (Å²) in [5.74, 6) is -0.568. The van der Waals surface area contributed by atoms with Crippen LogP contribution in [0.5, 0.6) is 0 Å². The van der Waals surface area contributed by atoms with E-state index >= 15 is 0 Å². The Hall–Kier alpha value is -4.31. The van der Waals surface area contributed by atoms with E-state index in [-0.39, 0.29) is 11.9 Å². The van der Waals surface area contributed by atoms with E-state index in [0.717, 1.165) is 33.5 Å². The highest BCUT2D eigenvalue weighted by molar-refractivity contribution is 6.20. The molecule has 6 rings (SSSR count). The Bertz CT molecular complexity index is 1460. The number of aryl methyl sites for hydroxylation is 1. The molecule has 3 atom stereocenters. The Labute approximate surface area is 211 Å². The molecule has 0 radical (unpaired) electrons. The summed E-state index contributed by atoms with van der Waals surface area (Å²) in [6.07, 6.45) is 0.595. The van der Waals surface area contributed by atoms with E-state index < -0.39 is 11.5 Å². The minimum atomic E-state index is -1.10. The quantitative estimate of drug-likeness (QED) is 0.313. The molecule has 0 unspecified atom stereocenters. The van der Waals surface area contributed by atoms with Crippen molar-refractivity contribution in [3.8, 4) is 0 Å². The fraction of sp³-hybridized carbons (Fsp3) is 0.156. The fourth-order valence-corrected chi connectivity index (χ4v) is 5.69. The van der Waals surface area contributed by atoms with Crippen LogP contribution in [0.4, 0.5) is 0 Å². The molecule has 2 aliphatic rings. The number of hydrogen-bond donors (Lipinski definition) is 0. The molecule has 1 spiro atoms. The summed E-state index contributed by atoms with van der Waals surface area (Å²) in [5.41, 5.74) is 5.66. The number of aliphatic imine (C=N–C) groups is 1. The van der Waals surface area contributed by atoms with Crippen molar-refractivity contribution in [3.63, 3.8) is 0 Å². The van der Waals surface area contributed by atoms with E-state index in [1.165, 1.54) is 0 Å².